The third-order valence-corrected chi connectivity index (χ3v) is 3.48. The molecule has 0 N–H and O–H groups in total. The maximum Gasteiger partial charge on any atom is 0.330 e. The van der Waals surface area contributed by atoms with Crippen molar-refractivity contribution in [2.75, 3.05) is 7.11 Å². The van der Waals surface area contributed by atoms with Crippen molar-refractivity contribution < 1.29 is 9.53 Å². The molecule has 0 unspecified atom stereocenters. The van der Waals surface area contributed by atoms with Gasteiger partial charge in [-0.05, 0) is 40.5 Å². The van der Waals surface area contributed by atoms with Crippen molar-refractivity contribution in [3.05, 3.63) is 41.0 Å². The second kappa shape index (κ2) is 4.60. The Hall–Kier alpha value is -1.57. The quantitative estimate of drug-likeness (QED) is 0.558. The molecule has 0 spiro atoms. The van der Waals surface area contributed by atoms with Crippen molar-refractivity contribution in [2.45, 2.75) is 39.0 Å². The molecule has 0 saturated carbocycles. The number of ether oxygens (including phenoxy) is 1. The third kappa shape index (κ3) is 2.47. The molecule has 2 heteroatoms. The summed E-state index contributed by atoms with van der Waals surface area (Å²) in [5, 5.41) is 0. The van der Waals surface area contributed by atoms with E-state index < -0.39 is 0 Å². The summed E-state index contributed by atoms with van der Waals surface area (Å²) in [5.41, 5.74) is 5.08. The highest BCUT2D eigenvalue weighted by Crippen LogP contribution is 2.35. The molecule has 96 valence electrons. The Labute approximate surface area is 109 Å². The first kappa shape index (κ1) is 12.9. The first-order chi connectivity index (χ1) is 8.41. The lowest BCUT2D eigenvalue weighted by atomic mass is 9.85. The van der Waals surface area contributed by atoms with Crippen LogP contribution < -0.4 is 0 Å². The monoisotopic (exact) mass is 244 g/mol. The molecule has 1 aliphatic carbocycles. The number of esters is 1. The normalized spacial score (nSPS) is 16.8. The highest BCUT2D eigenvalue weighted by atomic mass is 16.5. The number of allylic oxidation sites excluding steroid dienone is 1. The number of aryl methyl sites for hydroxylation is 1. The first-order valence-corrected chi connectivity index (χ1v) is 6.34. The van der Waals surface area contributed by atoms with Crippen LogP contribution in [0.5, 0.6) is 0 Å². The van der Waals surface area contributed by atoms with Crippen LogP contribution in [0.3, 0.4) is 0 Å². The number of fused-ring (bicyclic) bond motifs is 1. The van der Waals surface area contributed by atoms with Crippen LogP contribution in [0, 0.1) is 0 Å². The molecule has 0 saturated heterocycles. The van der Waals surface area contributed by atoms with E-state index in [1.807, 2.05) is 0 Å². The van der Waals surface area contributed by atoms with Crippen LogP contribution in [-0.2, 0) is 21.4 Å². The van der Waals surface area contributed by atoms with E-state index in [0.717, 1.165) is 18.4 Å². The molecule has 0 aliphatic heterocycles. The molecular formula is C16H20O2. The van der Waals surface area contributed by atoms with Gasteiger partial charge in [0, 0.05) is 6.08 Å². The number of benzene rings is 1. The van der Waals surface area contributed by atoms with Crippen molar-refractivity contribution in [1.82, 2.24) is 0 Å². The van der Waals surface area contributed by atoms with E-state index in [-0.39, 0.29) is 11.4 Å². The molecule has 2 rings (SSSR count). The summed E-state index contributed by atoms with van der Waals surface area (Å²) in [6.07, 6.45) is 3.57. The van der Waals surface area contributed by atoms with Gasteiger partial charge in [-0.1, -0.05) is 39.0 Å². The molecular weight excluding hydrogens is 224 g/mol. The standard InChI is InChI=1S/C16H20O2/c1-16(2,3)13-8-7-11-5-6-12(14(11)10-13)9-15(17)18-4/h7-10H,5-6H2,1-4H3. The van der Waals surface area contributed by atoms with Crippen LogP contribution in [0.25, 0.3) is 5.57 Å². The minimum Gasteiger partial charge on any atom is -0.466 e. The zero-order valence-electron chi connectivity index (χ0n) is 11.5. The van der Waals surface area contributed by atoms with Crippen LogP contribution >= 0.6 is 0 Å². The fourth-order valence-electron chi connectivity index (χ4n) is 2.32. The summed E-state index contributed by atoms with van der Waals surface area (Å²) in [7, 11) is 1.42. The fraction of sp³-hybridized carbons (Fsp3) is 0.438. The van der Waals surface area contributed by atoms with Gasteiger partial charge in [0.25, 0.3) is 0 Å². The molecule has 0 radical (unpaired) electrons. The lowest BCUT2D eigenvalue weighted by molar-refractivity contribution is -0.134. The van der Waals surface area contributed by atoms with E-state index in [9.17, 15) is 4.79 Å². The lowest BCUT2D eigenvalue weighted by Gasteiger charge is -2.20. The largest absolute Gasteiger partial charge is 0.466 e. The van der Waals surface area contributed by atoms with Crippen LogP contribution in [0.2, 0.25) is 0 Å². The van der Waals surface area contributed by atoms with Crippen LogP contribution in [0.15, 0.2) is 24.3 Å². The molecule has 0 amide bonds. The molecule has 0 aromatic heterocycles. The highest BCUT2D eigenvalue weighted by molar-refractivity contribution is 5.92. The zero-order valence-corrected chi connectivity index (χ0v) is 11.5. The van der Waals surface area contributed by atoms with Crippen LogP contribution in [-0.4, -0.2) is 13.1 Å². The van der Waals surface area contributed by atoms with Gasteiger partial charge >= 0.3 is 5.97 Å². The lowest BCUT2D eigenvalue weighted by Crippen LogP contribution is -2.11. The van der Waals surface area contributed by atoms with Gasteiger partial charge < -0.3 is 4.74 Å². The summed E-state index contributed by atoms with van der Waals surface area (Å²) >= 11 is 0. The predicted molar refractivity (Wildman–Crippen MR) is 73.5 cm³/mol. The Kier molecular flexibility index (Phi) is 3.29. The Balaban J connectivity index is 2.43. The molecule has 1 aliphatic rings. The van der Waals surface area contributed by atoms with Crippen molar-refractivity contribution in [3.8, 4) is 0 Å². The second-order valence-electron chi connectivity index (χ2n) is 5.81. The van der Waals surface area contributed by atoms with Gasteiger partial charge in [0.2, 0.25) is 0 Å². The Morgan fingerprint density at radius 1 is 1.28 bits per heavy atom. The third-order valence-electron chi connectivity index (χ3n) is 3.48. The van der Waals surface area contributed by atoms with Crippen LogP contribution in [0.1, 0.15) is 43.9 Å². The number of hydrogen-bond acceptors (Lipinski definition) is 2. The SMILES string of the molecule is COC(=O)C=C1CCc2ccc(C(C)(C)C)cc21. The summed E-state index contributed by atoms with van der Waals surface area (Å²) in [5.74, 6) is -0.265. The highest BCUT2D eigenvalue weighted by Gasteiger charge is 2.21. The van der Waals surface area contributed by atoms with Gasteiger partial charge in [-0.15, -0.1) is 0 Å². The van der Waals surface area contributed by atoms with Gasteiger partial charge in [0.15, 0.2) is 0 Å². The minimum atomic E-state index is -0.265. The number of carbonyl (C=O) groups excluding carboxylic acids is 1. The summed E-state index contributed by atoms with van der Waals surface area (Å²) in [6.45, 7) is 6.61. The Morgan fingerprint density at radius 2 is 2.00 bits per heavy atom. The van der Waals surface area contributed by atoms with E-state index in [1.165, 1.54) is 23.8 Å². The molecule has 0 bridgehead atoms. The smallest absolute Gasteiger partial charge is 0.330 e. The number of methoxy groups -OCH3 is 1. The molecule has 0 atom stereocenters. The zero-order chi connectivity index (χ0) is 13.3. The number of carbonyl (C=O) groups is 1. The summed E-state index contributed by atoms with van der Waals surface area (Å²) in [4.78, 5) is 11.4. The topological polar surface area (TPSA) is 26.3 Å². The molecule has 2 nitrogen and oxygen atoms in total. The average Bonchev–Trinajstić information content (AvgIpc) is 2.70. The maximum absolute atomic E-state index is 11.4. The van der Waals surface area contributed by atoms with Gasteiger partial charge in [-0.25, -0.2) is 4.79 Å². The van der Waals surface area contributed by atoms with Crippen molar-refractivity contribution >= 4 is 11.5 Å². The van der Waals surface area contributed by atoms with Gasteiger partial charge in [-0.3, -0.25) is 0 Å². The van der Waals surface area contributed by atoms with Crippen molar-refractivity contribution in [1.29, 1.82) is 0 Å². The predicted octanol–water partition coefficient (Wildman–Crippen LogP) is 3.49. The summed E-state index contributed by atoms with van der Waals surface area (Å²) < 4.78 is 4.71. The van der Waals surface area contributed by atoms with Gasteiger partial charge in [0.1, 0.15) is 0 Å². The Morgan fingerprint density at radius 3 is 2.61 bits per heavy atom. The molecule has 1 aromatic rings. The van der Waals surface area contributed by atoms with E-state index in [2.05, 4.69) is 39.0 Å². The number of rotatable bonds is 1. The van der Waals surface area contributed by atoms with Gasteiger partial charge in [0.05, 0.1) is 7.11 Å². The van der Waals surface area contributed by atoms with Crippen molar-refractivity contribution in [3.63, 3.8) is 0 Å². The molecule has 0 heterocycles. The minimum absolute atomic E-state index is 0.133. The summed E-state index contributed by atoms with van der Waals surface area (Å²) in [6, 6.07) is 6.60. The van der Waals surface area contributed by atoms with E-state index in [4.69, 9.17) is 4.74 Å². The fourth-order valence-corrected chi connectivity index (χ4v) is 2.32. The van der Waals surface area contributed by atoms with E-state index in [0.29, 0.717) is 0 Å². The number of hydrogen-bond donors (Lipinski definition) is 0. The van der Waals surface area contributed by atoms with E-state index >= 15 is 0 Å². The van der Waals surface area contributed by atoms with Crippen molar-refractivity contribution in [2.24, 2.45) is 0 Å². The Bertz CT molecular complexity index is 504. The maximum atomic E-state index is 11.4. The van der Waals surface area contributed by atoms with E-state index in [1.54, 1.807) is 6.08 Å². The average molecular weight is 244 g/mol. The van der Waals surface area contributed by atoms with Crippen LogP contribution in [0.4, 0.5) is 0 Å². The van der Waals surface area contributed by atoms with Gasteiger partial charge in [-0.2, -0.15) is 0 Å². The second-order valence-corrected chi connectivity index (χ2v) is 5.81. The molecule has 18 heavy (non-hydrogen) atoms. The molecule has 1 aromatic carbocycles. The first-order valence-electron chi connectivity index (χ1n) is 6.34. The molecule has 0 fully saturated rings.